The lowest BCUT2D eigenvalue weighted by atomic mass is 10.0. The Morgan fingerprint density at radius 3 is 2.33 bits per heavy atom. The third-order valence-electron chi connectivity index (χ3n) is 2.42. The van der Waals surface area contributed by atoms with Crippen LogP contribution in [0.5, 0.6) is 0 Å². The smallest absolute Gasteiger partial charge is 0.150 e. The summed E-state index contributed by atoms with van der Waals surface area (Å²) in [5, 5.41) is 9.51. The summed E-state index contributed by atoms with van der Waals surface area (Å²) < 4.78 is 21.7. The molecule has 0 unspecified atom stereocenters. The molecule has 0 radical (unpaired) electrons. The minimum Gasteiger partial charge on any atom is -0.392 e. The zero-order valence-electron chi connectivity index (χ0n) is 7.36. The first-order valence-electron chi connectivity index (χ1n) is 4.35. The molecule has 3 nitrogen and oxygen atoms in total. The van der Waals surface area contributed by atoms with E-state index in [1.807, 2.05) is 0 Å². The maximum absolute atomic E-state index is 10.8. The molecule has 0 aromatic carbocycles. The van der Waals surface area contributed by atoms with Crippen molar-refractivity contribution >= 4 is 9.84 Å². The van der Waals surface area contributed by atoms with Crippen LogP contribution in [-0.4, -0.2) is 31.6 Å². The van der Waals surface area contributed by atoms with Gasteiger partial charge in [0.05, 0.1) is 11.9 Å². The van der Waals surface area contributed by atoms with Crippen molar-refractivity contribution in [2.75, 3.05) is 12.0 Å². The third-order valence-corrected chi connectivity index (χ3v) is 3.36. The maximum Gasteiger partial charge on any atom is 0.150 e. The molecule has 0 aromatic rings. The van der Waals surface area contributed by atoms with Crippen LogP contribution in [-0.2, 0) is 9.84 Å². The van der Waals surface area contributed by atoms with Crippen LogP contribution in [0.4, 0.5) is 0 Å². The van der Waals surface area contributed by atoms with Crippen LogP contribution in [0, 0.1) is 5.92 Å². The Labute approximate surface area is 73.7 Å². The van der Waals surface area contributed by atoms with Crippen molar-refractivity contribution < 1.29 is 13.5 Å². The van der Waals surface area contributed by atoms with Crippen LogP contribution in [0.2, 0.25) is 0 Å². The van der Waals surface area contributed by atoms with E-state index in [0.29, 0.717) is 0 Å². The fourth-order valence-corrected chi connectivity index (χ4v) is 2.68. The van der Waals surface area contributed by atoms with Crippen molar-refractivity contribution in [2.24, 2.45) is 5.92 Å². The molecule has 0 aliphatic heterocycles. The van der Waals surface area contributed by atoms with E-state index in [4.69, 9.17) is 0 Å². The van der Waals surface area contributed by atoms with Crippen molar-refractivity contribution in [3.63, 3.8) is 0 Å². The SMILES string of the molecule is CS(=O)(=O)C[C@H](O)C1CCCC1. The van der Waals surface area contributed by atoms with Gasteiger partial charge in [-0.2, -0.15) is 0 Å². The van der Waals surface area contributed by atoms with Crippen molar-refractivity contribution in [3.05, 3.63) is 0 Å². The number of sulfone groups is 1. The molecule has 1 saturated carbocycles. The summed E-state index contributed by atoms with van der Waals surface area (Å²) in [4.78, 5) is 0. The van der Waals surface area contributed by atoms with Gasteiger partial charge in [0.1, 0.15) is 9.84 Å². The summed E-state index contributed by atoms with van der Waals surface area (Å²) in [5.41, 5.74) is 0. The molecule has 1 N–H and O–H groups in total. The minimum absolute atomic E-state index is 0.0718. The molecule has 72 valence electrons. The predicted octanol–water partition coefficient (Wildman–Crippen LogP) is 0.582. The molecule has 4 heteroatoms. The molecule has 1 fully saturated rings. The van der Waals surface area contributed by atoms with Gasteiger partial charge in [-0.25, -0.2) is 8.42 Å². The van der Waals surface area contributed by atoms with Gasteiger partial charge in [0.15, 0.2) is 0 Å². The van der Waals surface area contributed by atoms with E-state index >= 15 is 0 Å². The molecular weight excluding hydrogens is 176 g/mol. The van der Waals surface area contributed by atoms with Gasteiger partial charge in [-0.3, -0.25) is 0 Å². The molecule has 1 aliphatic carbocycles. The van der Waals surface area contributed by atoms with Crippen LogP contribution in [0.25, 0.3) is 0 Å². The fourth-order valence-electron chi connectivity index (χ4n) is 1.79. The Morgan fingerprint density at radius 2 is 1.92 bits per heavy atom. The highest BCUT2D eigenvalue weighted by Crippen LogP contribution is 2.28. The average Bonchev–Trinajstić information content (AvgIpc) is 2.32. The molecule has 0 bridgehead atoms. The first-order valence-corrected chi connectivity index (χ1v) is 6.41. The molecule has 0 spiro atoms. The highest BCUT2D eigenvalue weighted by Gasteiger charge is 2.25. The van der Waals surface area contributed by atoms with E-state index < -0.39 is 15.9 Å². The predicted molar refractivity (Wildman–Crippen MR) is 47.7 cm³/mol. The topological polar surface area (TPSA) is 54.4 Å². The number of aliphatic hydroxyl groups excluding tert-OH is 1. The first-order chi connectivity index (χ1) is 5.49. The van der Waals surface area contributed by atoms with Crippen molar-refractivity contribution in [2.45, 2.75) is 31.8 Å². The van der Waals surface area contributed by atoms with E-state index in [0.717, 1.165) is 25.7 Å². The average molecular weight is 192 g/mol. The van der Waals surface area contributed by atoms with Gasteiger partial charge in [-0.15, -0.1) is 0 Å². The number of aliphatic hydroxyl groups is 1. The van der Waals surface area contributed by atoms with Crippen LogP contribution in [0.15, 0.2) is 0 Å². The lowest BCUT2D eigenvalue weighted by Crippen LogP contribution is -2.26. The standard InChI is InChI=1S/C8H16O3S/c1-12(10,11)6-8(9)7-4-2-3-5-7/h7-9H,2-6H2,1H3/t8-/m0/s1. The summed E-state index contributed by atoms with van der Waals surface area (Å²) in [6, 6.07) is 0. The Balaban J connectivity index is 2.42. The van der Waals surface area contributed by atoms with E-state index in [9.17, 15) is 13.5 Å². The molecule has 12 heavy (non-hydrogen) atoms. The summed E-state index contributed by atoms with van der Waals surface area (Å²) in [7, 11) is -3.01. The molecule has 0 amide bonds. The van der Waals surface area contributed by atoms with Gasteiger partial charge in [0.25, 0.3) is 0 Å². The van der Waals surface area contributed by atoms with Crippen LogP contribution >= 0.6 is 0 Å². The molecule has 0 saturated heterocycles. The minimum atomic E-state index is -3.01. The number of hydrogen-bond donors (Lipinski definition) is 1. The molecule has 1 rings (SSSR count). The Hall–Kier alpha value is -0.0900. The second kappa shape index (κ2) is 3.75. The van der Waals surface area contributed by atoms with Gasteiger partial charge in [0, 0.05) is 6.26 Å². The Morgan fingerprint density at radius 1 is 1.42 bits per heavy atom. The van der Waals surface area contributed by atoms with Crippen LogP contribution < -0.4 is 0 Å². The molecule has 1 atom stereocenters. The van der Waals surface area contributed by atoms with Crippen molar-refractivity contribution in [1.82, 2.24) is 0 Å². The van der Waals surface area contributed by atoms with Crippen molar-refractivity contribution in [3.8, 4) is 0 Å². The first kappa shape index (κ1) is 9.99. The zero-order chi connectivity index (χ0) is 9.19. The fraction of sp³-hybridized carbons (Fsp3) is 1.00. The van der Waals surface area contributed by atoms with Gasteiger partial charge < -0.3 is 5.11 Å². The number of rotatable bonds is 3. The lowest BCUT2D eigenvalue weighted by Gasteiger charge is -2.15. The monoisotopic (exact) mass is 192 g/mol. The maximum atomic E-state index is 10.8. The highest BCUT2D eigenvalue weighted by molar-refractivity contribution is 7.90. The van der Waals surface area contributed by atoms with Gasteiger partial charge in [-0.05, 0) is 18.8 Å². The number of hydrogen-bond acceptors (Lipinski definition) is 3. The Bertz CT molecular complexity index is 227. The van der Waals surface area contributed by atoms with Crippen molar-refractivity contribution in [1.29, 1.82) is 0 Å². The summed E-state index contributed by atoms with van der Waals surface area (Å²) in [6.07, 6.45) is 4.76. The summed E-state index contributed by atoms with van der Waals surface area (Å²) in [6.45, 7) is 0. The molecule has 1 aliphatic rings. The second-order valence-corrected chi connectivity index (χ2v) is 5.89. The quantitative estimate of drug-likeness (QED) is 0.711. The molecule has 0 aromatic heterocycles. The zero-order valence-corrected chi connectivity index (χ0v) is 8.18. The van der Waals surface area contributed by atoms with E-state index in [1.54, 1.807) is 0 Å². The summed E-state index contributed by atoms with van der Waals surface area (Å²) in [5.74, 6) is 0.150. The van der Waals surface area contributed by atoms with Crippen LogP contribution in [0.3, 0.4) is 0 Å². The highest BCUT2D eigenvalue weighted by atomic mass is 32.2. The van der Waals surface area contributed by atoms with E-state index in [1.165, 1.54) is 6.26 Å². The van der Waals surface area contributed by atoms with Gasteiger partial charge >= 0.3 is 0 Å². The van der Waals surface area contributed by atoms with E-state index in [-0.39, 0.29) is 11.7 Å². The third kappa shape index (κ3) is 3.11. The molecular formula is C8H16O3S. The lowest BCUT2D eigenvalue weighted by molar-refractivity contribution is 0.132. The van der Waals surface area contributed by atoms with E-state index in [2.05, 4.69) is 0 Å². The second-order valence-electron chi connectivity index (χ2n) is 3.70. The van der Waals surface area contributed by atoms with Crippen LogP contribution in [0.1, 0.15) is 25.7 Å². The normalized spacial score (nSPS) is 22.8. The largest absolute Gasteiger partial charge is 0.392 e. The summed E-state index contributed by atoms with van der Waals surface area (Å²) >= 11 is 0. The molecule has 0 heterocycles. The van der Waals surface area contributed by atoms with Gasteiger partial charge in [0.2, 0.25) is 0 Å². The van der Waals surface area contributed by atoms with Gasteiger partial charge in [-0.1, -0.05) is 12.8 Å². The Kier molecular flexibility index (Phi) is 3.12.